The van der Waals surface area contributed by atoms with E-state index in [1.165, 1.54) is 25.0 Å². The number of aryl methyl sites for hydroxylation is 1. The van der Waals surface area contributed by atoms with Gasteiger partial charge in [0.15, 0.2) is 0 Å². The Morgan fingerprint density at radius 1 is 1.64 bits per heavy atom. The van der Waals surface area contributed by atoms with Crippen LogP contribution in [0.25, 0.3) is 0 Å². The molecule has 0 spiro atoms. The van der Waals surface area contributed by atoms with Crippen LogP contribution in [0.5, 0.6) is 0 Å². The van der Waals surface area contributed by atoms with Crippen molar-refractivity contribution in [1.29, 1.82) is 0 Å². The Labute approximate surface area is 85.5 Å². The molecule has 0 aromatic carbocycles. The average Bonchev–Trinajstić information content (AvgIpc) is 2.89. The monoisotopic (exact) mass is 193 g/mol. The van der Waals surface area contributed by atoms with Crippen LogP contribution in [0.1, 0.15) is 25.0 Å². The first kappa shape index (κ1) is 9.71. The fraction of sp³-hybridized carbons (Fsp3) is 0.727. The number of rotatable bonds is 5. The second-order valence-electron chi connectivity index (χ2n) is 4.35. The first-order chi connectivity index (χ1) is 6.78. The summed E-state index contributed by atoms with van der Waals surface area (Å²) in [7, 11) is 4.02. The summed E-state index contributed by atoms with van der Waals surface area (Å²) in [5.41, 5.74) is 1.20. The van der Waals surface area contributed by atoms with Crippen LogP contribution >= 0.6 is 0 Å². The molecule has 0 amide bonds. The molecular weight excluding hydrogens is 174 g/mol. The van der Waals surface area contributed by atoms with E-state index >= 15 is 0 Å². The van der Waals surface area contributed by atoms with Gasteiger partial charge >= 0.3 is 0 Å². The number of aromatic nitrogens is 2. The Hall–Kier alpha value is -0.830. The van der Waals surface area contributed by atoms with Crippen molar-refractivity contribution in [2.24, 2.45) is 13.0 Å². The van der Waals surface area contributed by atoms with Crippen molar-refractivity contribution in [1.82, 2.24) is 15.1 Å². The van der Waals surface area contributed by atoms with Crippen LogP contribution in [-0.4, -0.2) is 22.9 Å². The third-order valence-corrected chi connectivity index (χ3v) is 2.95. The third kappa shape index (κ3) is 2.58. The van der Waals surface area contributed by atoms with Gasteiger partial charge in [-0.25, -0.2) is 0 Å². The molecule has 78 valence electrons. The molecular formula is C11H19N3. The van der Waals surface area contributed by atoms with Gasteiger partial charge in [0, 0.05) is 25.7 Å². The molecule has 1 aliphatic carbocycles. The van der Waals surface area contributed by atoms with Crippen LogP contribution in [0.2, 0.25) is 0 Å². The maximum absolute atomic E-state index is 4.40. The summed E-state index contributed by atoms with van der Waals surface area (Å²) in [5, 5.41) is 7.78. The van der Waals surface area contributed by atoms with E-state index in [4.69, 9.17) is 0 Å². The highest BCUT2D eigenvalue weighted by Gasteiger charge is 2.25. The lowest BCUT2D eigenvalue weighted by atomic mass is 10.1. The van der Waals surface area contributed by atoms with E-state index in [1.807, 2.05) is 17.9 Å². The molecule has 0 saturated heterocycles. The molecule has 1 N–H and O–H groups in total. The molecule has 1 saturated carbocycles. The minimum atomic E-state index is 0.609. The summed E-state index contributed by atoms with van der Waals surface area (Å²) < 4.78 is 1.87. The van der Waals surface area contributed by atoms with E-state index in [9.17, 15) is 0 Å². The first-order valence-corrected chi connectivity index (χ1v) is 5.43. The summed E-state index contributed by atoms with van der Waals surface area (Å²) in [5.74, 6) is 0.983. The normalized spacial score (nSPS) is 18.4. The van der Waals surface area contributed by atoms with E-state index < -0.39 is 0 Å². The molecule has 1 aromatic heterocycles. The Morgan fingerprint density at radius 3 is 2.93 bits per heavy atom. The summed E-state index contributed by atoms with van der Waals surface area (Å²) >= 11 is 0. The average molecular weight is 193 g/mol. The molecule has 1 heterocycles. The quantitative estimate of drug-likeness (QED) is 0.765. The van der Waals surface area contributed by atoms with Gasteiger partial charge in [-0.3, -0.25) is 4.68 Å². The molecule has 0 radical (unpaired) electrons. The lowest BCUT2D eigenvalue weighted by molar-refractivity contribution is 0.484. The highest BCUT2D eigenvalue weighted by Crippen LogP contribution is 2.33. The molecule has 0 bridgehead atoms. The largest absolute Gasteiger partial charge is 0.317 e. The molecule has 1 aromatic rings. The van der Waals surface area contributed by atoms with Crippen LogP contribution in [0.4, 0.5) is 0 Å². The van der Waals surface area contributed by atoms with Gasteiger partial charge in [-0.05, 0) is 25.5 Å². The topological polar surface area (TPSA) is 29.9 Å². The minimum Gasteiger partial charge on any atom is -0.317 e. The van der Waals surface area contributed by atoms with Gasteiger partial charge in [-0.15, -0.1) is 0 Å². The van der Waals surface area contributed by atoms with Crippen molar-refractivity contribution in [3.8, 4) is 0 Å². The van der Waals surface area contributed by atoms with Crippen molar-refractivity contribution in [2.75, 3.05) is 7.05 Å². The first-order valence-electron chi connectivity index (χ1n) is 5.43. The van der Waals surface area contributed by atoms with Gasteiger partial charge in [0.05, 0.1) is 5.69 Å². The highest BCUT2D eigenvalue weighted by atomic mass is 15.2. The zero-order chi connectivity index (χ0) is 9.97. The standard InChI is InChI=1S/C11H19N3/c1-12-11(7-9-3-4-9)8-10-5-6-14(2)13-10/h5-6,9,11-12H,3-4,7-8H2,1-2H3. The van der Waals surface area contributed by atoms with Gasteiger partial charge in [0.2, 0.25) is 0 Å². The lowest BCUT2D eigenvalue weighted by Gasteiger charge is -2.13. The maximum atomic E-state index is 4.40. The number of hydrogen-bond donors (Lipinski definition) is 1. The zero-order valence-electron chi connectivity index (χ0n) is 9.03. The van der Waals surface area contributed by atoms with Crippen LogP contribution in [0, 0.1) is 5.92 Å². The molecule has 3 heteroatoms. The van der Waals surface area contributed by atoms with Crippen LogP contribution in [0.15, 0.2) is 12.3 Å². The summed E-state index contributed by atoms with van der Waals surface area (Å²) in [6.45, 7) is 0. The second-order valence-corrected chi connectivity index (χ2v) is 4.35. The number of nitrogens with one attached hydrogen (secondary N) is 1. The Bertz CT molecular complexity index is 288. The van der Waals surface area contributed by atoms with Gasteiger partial charge < -0.3 is 5.32 Å². The van der Waals surface area contributed by atoms with E-state index in [0.29, 0.717) is 6.04 Å². The number of likely N-dealkylation sites (N-methyl/N-ethyl adjacent to an activating group) is 1. The van der Waals surface area contributed by atoms with E-state index in [0.717, 1.165) is 12.3 Å². The molecule has 1 aliphatic rings. The van der Waals surface area contributed by atoms with Crippen LogP contribution < -0.4 is 5.32 Å². The Kier molecular flexibility index (Phi) is 2.87. The smallest absolute Gasteiger partial charge is 0.0639 e. The molecule has 0 aliphatic heterocycles. The minimum absolute atomic E-state index is 0.609. The molecule has 1 unspecified atom stereocenters. The van der Waals surface area contributed by atoms with Crippen LogP contribution in [0.3, 0.4) is 0 Å². The predicted molar refractivity (Wildman–Crippen MR) is 57.1 cm³/mol. The van der Waals surface area contributed by atoms with Gasteiger partial charge in [-0.1, -0.05) is 12.8 Å². The number of nitrogens with zero attached hydrogens (tertiary/aromatic N) is 2. The van der Waals surface area contributed by atoms with Crippen molar-refractivity contribution in [3.63, 3.8) is 0 Å². The second kappa shape index (κ2) is 4.13. The SMILES string of the molecule is CNC(Cc1ccn(C)n1)CC1CC1. The highest BCUT2D eigenvalue weighted by molar-refractivity contribution is 5.01. The zero-order valence-corrected chi connectivity index (χ0v) is 9.03. The van der Waals surface area contributed by atoms with Gasteiger partial charge in [-0.2, -0.15) is 5.10 Å². The maximum Gasteiger partial charge on any atom is 0.0639 e. The van der Waals surface area contributed by atoms with Crippen molar-refractivity contribution in [2.45, 2.75) is 31.7 Å². The fourth-order valence-electron chi connectivity index (χ4n) is 1.88. The van der Waals surface area contributed by atoms with E-state index in [-0.39, 0.29) is 0 Å². The summed E-state index contributed by atoms with van der Waals surface area (Å²) in [4.78, 5) is 0. The molecule has 3 nitrogen and oxygen atoms in total. The molecule has 14 heavy (non-hydrogen) atoms. The van der Waals surface area contributed by atoms with Crippen molar-refractivity contribution in [3.05, 3.63) is 18.0 Å². The molecule has 1 fully saturated rings. The van der Waals surface area contributed by atoms with Gasteiger partial charge in [0.25, 0.3) is 0 Å². The fourth-order valence-corrected chi connectivity index (χ4v) is 1.88. The van der Waals surface area contributed by atoms with Crippen LogP contribution in [-0.2, 0) is 13.5 Å². The third-order valence-electron chi connectivity index (χ3n) is 2.95. The Morgan fingerprint density at radius 2 is 2.43 bits per heavy atom. The number of hydrogen-bond acceptors (Lipinski definition) is 2. The predicted octanol–water partition coefficient (Wildman–Crippen LogP) is 1.35. The Balaban J connectivity index is 1.86. The summed E-state index contributed by atoms with van der Waals surface area (Å²) in [6.07, 6.45) is 7.25. The van der Waals surface area contributed by atoms with Gasteiger partial charge in [0.1, 0.15) is 0 Å². The summed E-state index contributed by atoms with van der Waals surface area (Å²) in [6, 6.07) is 2.72. The van der Waals surface area contributed by atoms with Crippen molar-refractivity contribution < 1.29 is 0 Å². The van der Waals surface area contributed by atoms with E-state index in [2.05, 4.69) is 23.5 Å². The molecule has 1 atom stereocenters. The van der Waals surface area contributed by atoms with E-state index in [1.54, 1.807) is 0 Å². The lowest BCUT2D eigenvalue weighted by Crippen LogP contribution is -2.28. The van der Waals surface area contributed by atoms with Crippen molar-refractivity contribution >= 4 is 0 Å². The molecule has 2 rings (SSSR count).